The zero-order chi connectivity index (χ0) is 16.8. The molecule has 0 heterocycles. The van der Waals surface area contributed by atoms with E-state index in [0.717, 1.165) is 0 Å². The van der Waals surface area contributed by atoms with Crippen LogP contribution in [0.3, 0.4) is 0 Å². The second-order valence-electron chi connectivity index (χ2n) is 4.60. The lowest BCUT2D eigenvalue weighted by Gasteiger charge is -2.08. The smallest absolute Gasteiger partial charge is 0.340 e. The van der Waals surface area contributed by atoms with Gasteiger partial charge in [0.05, 0.1) is 10.5 Å². The first-order valence-electron chi connectivity index (χ1n) is 6.74. The molecule has 0 saturated heterocycles. The van der Waals surface area contributed by atoms with Gasteiger partial charge in [0.25, 0.3) is 5.69 Å². The number of hydrogen-bond acceptors (Lipinski definition) is 6. The van der Waals surface area contributed by atoms with E-state index in [9.17, 15) is 19.7 Å². The van der Waals surface area contributed by atoms with Crippen molar-refractivity contribution in [2.45, 2.75) is 0 Å². The van der Waals surface area contributed by atoms with Gasteiger partial charge in [-0.2, -0.15) is 0 Å². The Hall–Kier alpha value is -3.22. The molecule has 0 bridgehead atoms. The first kappa shape index (κ1) is 16.2. The number of Topliss-reactive ketones (excluding diaryl/α,β-unsaturated/α-hetero) is 1. The molecule has 0 fully saturated rings. The van der Waals surface area contributed by atoms with Gasteiger partial charge in [-0.25, -0.2) is 4.79 Å². The van der Waals surface area contributed by atoms with Crippen LogP contribution in [0.5, 0.6) is 0 Å². The van der Waals surface area contributed by atoms with Gasteiger partial charge >= 0.3 is 5.97 Å². The Bertz CT molecular complexity index is 740. The van der Waals surface area contributed by atoms with Crippen LogP contribution < -0.4 is 5.32 Å². The van der Waals surface area contributed by atoms with Crippen LogP contribution in [0.2, 0.25) is 0 Å². The average Bonchev–Trinajstić information content (AvgIpc) is 2.59. The Morgan fingerprint density at radius 3 is 2.39 bits per heavy atom. The van der Waals surface area contributed by atoms with Crippen LogP contribution in [0.1, 0.15) is 20.7 Å². The number of benzene rings is 2. The summed E-state index contributed by atoms with van der Waals surface area (Å²) < 4.78 is 5.00. The molecule has 0 aliphatic carbocycles. The SMILES string of the molecule is CNc1ccccc1C(=O)OCC(=O)c1ccc([N+](=O)[O-])cc1. The normalized spacial score (nSPS) is 9.96. The molecule has 23 heavy (non-hydrogen) atoms. The summed E-state index contributed by atoms with van der Waals surface area (Å²) in [5.41, 5.74) is 1.05. The third kappa shape index (κ3) is 3.91. The van der Waals surface area contributed by atoms with Crippen LogP contribution in [0, 0.1) is 10.1 Å². The standard InChI is InChI=1S/C16H14N2O5/c1-17-14-5-3-2-4-13(14)16(20)23-10-15(19)11-6-8-12(9-7-11)18(21)22/h2-9,17H,10H2,1H3. The number of nitrogens with zero attached hydrogens (tertiary/aromatic N) is 1. The first-order valence-corrected chi connectivity index (χ1v) is 6.74. The second-order valence-corrected chi connectivity index (χ2v) is 4.60. The number of ketones is 1. The highest BCUT2D eigenvalue weighted by atomic mass is 16.6. The van der Waals surface area contributed by atoms with E-state index in [0.29, 0.717) is 11.3 Å². The number of ether oxygens (including phenoxy) is 1. The van der Waals surface area contributed by atoms with Crippen LogP contribution in [-0.4, -0.2) is 30.3 Å². The molecule has 2 aromatic rings. The summed E-state index contributed by atoms with van der Waals surface area (Å²) in [7, 11) is 1.67. The summed E-state index contributed by atoms with van der Waals surface area (Å²) in [6, 6.07) is 11.9. The number of hydrogen-bond donors (Lipinski definition) is 1. The monoisotopic (exact) mass is 314 g/mol. The highest BCUT2D eigenvalue weighted by Gasteiger charge is 2.15. The third-order valence-electron chi connectivity index (χ3n) is 3.15. The van der Waals surface area contributed by atoms with Gasteiger partial charge in [0.15, 0.2) is 12.4 Å². The Labute approximate surface area is 132 Å². The van der Waals surface area contributed by atoms with Gasteiger partial charge in [0.1, 0.15) is 0 Å². The molecule has 0 radical (unpaired) electrons. The largest absolute Gasteiger partial charge is 0.454 e. The summed E-state index contributed by atoms with van der Waals surface area (Å²) in [4.78, 5) is 34.0. The Kier molecular flexibility index (Phi) is 5.03. The van der Waals surface area contributed by atoms with E-state index in [1.54, 1.807) is 31.3 Å². The van der Waals surface area contributed by atoms with Crippen molar-refractivity contribution in [3.05, 3.63) is 69.8 Å². The summed E-state index contributed by atoms with van der Waals surface area (Å²) >= 11 is 0. The van der Waals surface area contributed by atoms with Crippen molar-refractivity contribution in [3.8, 4) is 0 Å². The third-order valence-corrected chi connectivity index (χ3v) is 3.15. The van der Waals surface area contributed by atoms with E-state index < -0.39 is 23.3 Å². The van der Waals surface area contributed by atoms with E-state index in [4.69, 9.17) is 4.74 Å². The minimum atomic E-state index is -0.620. The molecule has 0 saturated carbocycles. The summed E-state index contributed by atoms with van der Waals surface area (Å²) in [6.07, 6.45) is 0. The Morgan fingerprint density at radius 2 is 1.78 bits per heavy atom. The fraction of sp³-hybridized carbons (Fsp3) is 0.125. The summed E-state index contributed by atoms with van der Waals surface area (Å²) in [5, 5.41) is 13.4. The van der Waals surface area contributed by atoms with Crippen molar-refractivity contribution >= 4 is 23.1 Å². The zero-order valence-corrected chi connectivity index (χ0v) is 12.3. The number of nitrogens with one attached hydrogen (secondary N) is 1. The quantitative estimate of drug-likeness (QED) is 0.381. The number of rotatable bonds is 6. The van der Waals surface area contributed by atoms with Crippen molar-refractivity contribution in [1.29, 1.82) is 0 Å². The molecule has 0 aromatic heterocycles. The maximum absolute atomic E-state index is 12.0. The van der Waals surface area contributed by atoms with Crippen LogP contribution >= 0.6 is 0 Å². The molecule has 0 spiro atoms. The lowest BCUT2D eigenvalue weighted by Crippen LogP contribution is -2.15. The highest BCUT2D eigenvalue weighted by molar-refractivity contribution is 6.00. The van der Waals surface area contributed by atoms with Gasteiger partial charge in [-0.1, -0.05) is 12.1 Å². The maximum Gasteiger partial charge on any atom is 0.340 e. The van der Waals surface area contributed by atoms with Crippen molar-refractivity contribution in [2.75, 3.05) is 19.0 Å². The number of para-hydroxylation sites is 1. The molecule has 7 heteroatoms. The zero-order valence-electron chi connectivity index (χ0n) is 12.3. The van der Waals surface area contributed by atoms with E-state index >= 15 is 0 Å². The molecule has 1 N–H and O–H groups in total. The maximum atomic E-state index is 12.0. The average molecular weight is 314 g/mol. The van der Waals surface area contributed by atoms with Crippen LogP contribution in [-0.2, 0) is 4.74 Å². The second kappa shape index (κ2) is 7.17. The number of carbonyl (C=O) groups is 2. The minimum absolute atomic E-state index is 0.110. The highest BCUT2D eigenvalue weighted by Crippen LogP contribution is 2.16. The van der Waals surface area contributed by atoms with Crippen molar-refractivity contribution in [1.82, 2.24) is 0 Å². The predicted octanol–water partition coefficient (Wildman–Crippen LogP) is 2.68. The number of anilines is 1. The Morgan fingerprint density at radius 1 is 1.13 bits per heavy atom. The molecule has 2 aromatic carbocycles. The van der Waals surface area contributed by atoms with Crippen molar-refractivity contribution in [3.63, 3.8) is 0 Å². The molecule has 118 valence electrons. The van der Waals surface area contributed by atoms with Gasteiger partial charge in [-0.3, -0.25) is 14.9 Å². The number of non-ortho nitro benzene ring substituents is 1. The van der Waals surface area contributed by atoms with E-state index in [2.05, 4.69) is 5.32 Å². The first-order chi connectivity index (χ1) is 11.0. The molecule has 2 rings (SSSR count). The molecule has 0 atom stereocenters. The Balaban J connectivity index is 2.01. The molecular formula is C16H14N2O5. The number of carbonyl (C=O) groups excluding carboxylic acids is 2. The molecule has 0 aliphatic rings. The lowest BCUT2D eigenvalue weighted by molar-refractivity contribution is -0.384. The van der Waals surface area contributed by atoms with Gasteiger partial charge in [-0.05, 0) is 24.3 Å². The number of esters is 1. The fourth-order valence-corrected chi connectivity index (χ4v) is 1.94. The number of nitro groups is 1. The van der Waals surface area contributed by atoms with Crippen LogP contribution in [0.4, 0.5) is 11.4 Å². The van der Waals surface area contributed by atoms with Crippen LogP contribution in [0.15, 0.2) is 48.5 Å². The number of nitro benzene ring substituents is 1. The van der Waals surface area contributed by atoms with Gasteiger partial charge in [-0.15, -0.1) is 0 Å². The van der Waals surface area contributed by atoms with E-state index in [1.165, 1.54) is 24.3 Å². The minimum Gasteiger partial charge on any atom is -0.454 e. The summed E-state index contributed by atoms with van der Waals surface area (Å²) in [5.74, 6) is -1.06. The summed E-state index contributed by atoms with van der Waals surface area (Å²) in [6.45, 7) is -0.436. The van der Waals surface area contributed by atoms with E-state index in [-0.39, 0.29) is 11.3 Å². The predicted molar refractivity (Wildman–Crippen MR) is 83.7 cm³/mol. The van der Waals surface area contributed by atoms with E-state index in [1.807, 2.05) is 0 Å². The molecule has 0 amide bonds. The topological polar surface area (TPSA) is 98.5 Å². The van der Waals surface area contributed by atoms with Crippen molar-refractivity contribution in [2.24, 2.45) is 0 Å². The molecule has 0 aliphatic heterocycles. The molecular weight excluding hydrogens is 300 g/mol. The lowest BCUT2D eigenvalue weighted by atomic mass is 10.1. The molecule has 7 nitrogen and oxygen atoms in total. The van der Waals surface area contributed by atoms with Gasteiger partial charge in [0, 0.05) is 30.4 Å². The van der Waals surface area contributed by atoms with Gasteiger partial charge in [0.2, 0.25) is 0 Å². The van der Waals surface area contributed by atoms with Gasteiger partial charge < -0.3 is 10.1 Å². The fourth-order valence-electron chi connectivity index (χ4n) is 1.94. The van der Waals surface area contributed by atoms with Crippen LogP contribution in [0.25, 0.3) is 0 Å². The molecule has 0 unspecified atom stereocenters. The van der Waals surface area contributed by atoms with Crippen molar-refractivity contribution < 1.29 is 19.2 Å².